The molecule has 0 spiro atoms. The second kappa shape index (κ2) is 6.29. The van der Waals surface area contributed by atoms with Crippen LogP contribution in [-0.4, -0.2) is 17.1 Å². The topological polar surface area (TPSA) is 49.3 Å². The summed E-state index contributed by atoms with van der Waals surface area (Å²) in [6.07, 6.45) is 5.50. The van der Waals surface area contributed by atoms with E-state index >= 15 is 0 Å². The smallest absolute Gasteiger partial charge is 0.326 e. The van der Waals surface area contributed by atoms with E-state index < -0.39 is 12.0 Å². The molecule has 0 amide bonds. The summed E-state index contributed by atoms with van der Waals surface area (Å²) < 4.78 is 0. The van der Waals surface area contributed by atoms with Crippen molar-refractivity contribution in [1.82, 2.24) is 5.32 Å². The van der Waals surface area contributed by atoms with Crippen LogP contribution >= 0.6 is 0 Å². The molecule has 3 nitrogen and oxygen atoms in total. The van der Waals surface area contributed by atoms with E-state index in [0.29, 0.717) is 12.3 Å². The van der Waals surface area contributed by atoms with Gasteiger partial charge in [-0.15, -0.1) is 0 Å². The molecule has 13 heavy (non-hydrogen) atoms. The number of carboxylic acid groups (broad SMARTS) is 1. The van der Waals surface area contributed by atoms with Crippen LogP contribution in [0, 0.1) is 5.92 Å². The number of nitrogens with one attached hydrogen (secondary N) is 1. The molecular formula is C10H17NO2. The fourth-order valence-electron chi connectivity index (χ4n) is 0.951. The van der Waals surface area contributed by atoms with Gasteiger partial charge < -0.3 is 10.4 Å². The summed E-state index contributed by atoms with van der Waals surface area (Å²) in [5, 5.41) is 11.6. The van der Waals surface area contributed by atoms with Crippen LogP contribution in [0.1, 0.15) is 20.3 Å². The van der Waals surface area contributed by atoms with E-state index in [1.165, 1.54) is 0 Å². The molecule has 0 saturated heterocycles. The number of rotatable bonds is 6. The Bertz CT molecular complexity index is 197. The van der Waals surface area contributed by atoms with Crippen LogP contribution in [0.3, 0.4) is 0 Å². The average molecular weight is 183 g/mol. The van der Waals surface area contributed by atoms with Crippen molar-refractivity contribution in [2.75, 3.05) is 0 Å². The van der Waals surface area contributed by atoms with Gasteiger partial charge in [0.25, 0.3) is 0 Å². The first kappa shape index (κ1) is 11.8. The molecule has 1 atom stereocenters. The summed E-state index contributed by atoms with van der Waals surface area (Å²) in [5.41, 5.74) is 0. The van der Waals surface area contributed by atoms with Crippen molar-refractivity contribution in [2.45, 2.75) is 26.3 Å². The van der Waals surface area contributed by atoms with Crippen molar-refractivity contribution in [2.24, 2.45) is 5.92 Å². The van der Waals surface area contributed by atoms with Gasteiger partial charge in [0, 0.05) is 0 Å². The maximum atomic E-state index is 10.7. The van der Waals surface area contributed by atoms with E-state index in [2.05, 4.69) is 11.9 Å². The average Bonchev–Trinajstić information content (AvgIpc) is 2.02. The Kier molecular flexibility index (Phi) is 5.68. The molecular weight excluding hydrogens is 166 g/mol. The summed E-state index contributed by atoms with van der Waals surface area (Å²) in [6, 6.07) is -0.504. The van der Waals surface area contributed by atoms with E-state index in [4.69, 9.17) is 5.11 Å². The van der Waals surface area contributed by atoms with E-state index in [9.17, 15) is 4.79 Å². The lowest BCUT2D eigenvalue weighted by Crippen LogP contribution is -2.34. The largest absolute Gasteiger partial charge is 0.480 e. The van der Waals surface area contributed by atoms with Crippen LogP contribution in [0.5, 0.6) is 0 Å². The third-order valence-electron chi connectivity index (χ3n) is 1.53. The quantitative estimate of drug-likeness (QED) is 0.617. The van der Waals surface area contributed by atoms with Gasteiger partial charge in [-0.05, 0) is 24.6 Å². The number of carboxylic acids is 1. The van der Waals surface area contributed by atoms with E-state index in [-0.39, 0.29) is 0 Å². The predicted octanol–water partition coefficient (Wildman–Crippen LogP) is 1.77. The van der Waals surface area contributed by atoms with Gasteiger partial charge in [0.15, 0.2) is 0 Å². The molecule has 0 bridgehead atoms. The van der Waals surface area contributed by atoms with Crippen LogP contribution in [-0.2, 0) is 4.79 Å². The molecule has 1 unspecified atom stereocenters. The van der Waals surface area contributed by atoms with Crippen molar-refractivity contribution in [3.63, 3.8) is 0 Å². The first-order valence-electron chi connectivity index (χ1n) is 4.34. The lowest BCUT2D eigenvalue weighted by atomic mass is 10.0. The third kappa shape index (κ3) is 5.96. The molecule has 0 aliphatic rings. The molecule has 0 aliphatic carbocycles. The number of carbonyl (C=O) groups is 1. The summed E-state index contributed by atoms with van der Waals surface area (Å²) >= 11 is 0. The first-order valence-corrected chi connectivity index (χ1v) is 4.34. The molecule has 0 aromatic rings. The fraction of sp³-hybridized carbons (Fsp3) is 0.500. The monoisotopic (exact) mass is 183 g/mol. The minimum absolute atomic E-state index is 0.366. The molecule has 0 aromatic carbocycles. The van der Waals surface area contributed by atoms with Crippen LogP contribution in [0.15, 0.2) is 24.9 Å². The van der Waals surface area contributed by atoms with Gasteiger partial charge in [0.05, 0.1) is 0 Å². The van der Waals surface area contributed by atoms with Crippen LogP contribution in [0.4, 0.5) is 0 Å². The molecule has 0 rings (SSSR count). The van der Waals surface area contributed by atoms with Crippen LogP contribution in [0.25, 0.3) is 0 Å². The molecule has 0 heterocycles. The first-order chi connectivity index (χ1) is 6.07. The summed E-state index contributed by atoms with van der Waals surface area (Å²) in [6.45, 7) is 7.48. The Morgan fingerprint density at radius 1 is 1.62 bits per heavy atom. The highest BCUT2D eigenvalue weighted by molar-refractivity contribution is 5.73. The summed E-state index contributed by atoms with van der Waals surface area (Å²) in [5.74, 6) is -0.451. The second-order valence-corrected chi connectivity index (χ2v) is 3.28. The van der Waals surface area contributed by atoms with E-state index in [1.807, 2.05) is 13.8 Å². The van der Waals surface area contributed by atoms with Crippen molar-refractivity contribution >= 4 is 5.97 Å². The Labute approximate surface area is 79.2 Å². The lowest BCUT2D eigenvalue weighted by Gasteiger charge is -2.14. The zero-order valence-electron chi connectivity index (χ0n) is 8.16. The highest BCUT2D eigenvalue weighted by Crippen LogP contribution is 2.04. The molecule has 0 radical (unpaired) electrons. The minimum Gasteiger partial charge on any atom is -0.480 e. The van der Waals surface area contributed by atoms with Gasteiger partial charge in [-0.1, -0.05) is 26.5 Å². The Balaban J connectivity index is 4.02. The Hall–Kier alpha value is -1.25. The maximum Gasteiger partial charge on any atom is 0.326 e. The predicted molar refractivity (Wildman–Crippen MR) is 53.4 cm³/mol. The van der Waals surface area contributed by atoms with Gasteiger partial charge in [0.1, 0.15) is 6.04 Å². The number of hydrogen-bond donors (Lipinski definition) is 2. The highest BCUT2D eigenvalue weighted by Gasteiger charge is 2.16. The van der Waals surface area contributed by atoms with E-state index in [0.717, 1.165) is 0 Å². The van der Waals surface area contributed by atoms with Crippen LogP contribution < -0.4 is 5.32 Å². The van der Waals surface area contributed by atoms with Crippen molar-refractivity contribution in [3.8, 4) is 0 Å². The fourth-order valence-corrected chi connectivity index (χ4v) is 0.951. The second-order valence-electron chi connectivity index (χ2n) is 3.28. The molecule has 0 aliphatic heterocycles. The van der Waals surface area contributed by atoms with Gasteiger partial charge in [-0.2, -0.15) is 0 Å². The van der Waals surface area contributed by atoms with Gasteiger partial charge in [-0.3, -0.25) is 0 Å². The zero-order valence-corrected chi connectivity index (χ0v) is 8.16. The lowest BCUT2D eigenvalue weighted by molar-refractivity contribution is -0.139. The van der Waals surface area contributed by atoms with Gasteiger partial charge in [-0.25, -0.2) is 4.79 Å². The zero-order chi connectivity index (χ0) is 10.3. The Morgan fingerprint density at radius 3 is 2.62 bits per heavy atom. The van der Waals surface area contributed by atoms with Crippen molar-refractivity contribution in [1.29, 1.82) is 0 Å². The number of hydrogen-bond acceptors (Lipinski definition) is 2. The summed E-state index contributed by atoms with van der Waals surface area (Å²) in [7, 11) is 0. The molecule has 0 aromatic heterocycles. The minimum atomic E-state index is -0.817. The molecule has 0 saturated carbocycles. The van der Waals surface area contributed by atoms with Crippen molar-refractivity contribution < 1.29 is 9.90 Å². The number of allylic oxidation sites excluding steroid dienone is 2. The molecule has 74 valence electrons. The number of aliphatic carboxylic acids is 1. The van der Waals surface area contributed by atoms with Gasteiger partial charge >= 0.3 is 5.97 Å². The molecule has 0 fully saturated rings. The van der Waals surface area contributed by atoms with Gasteiger partial charge in [0.2, 0.25) is 0 Å². The Morgan fingerprint density at radius 2 is 2.23 bits per heavy atom. The van der Waals surface area contributed by atoms with Crippen LogP contribution in [0.2, 0.25) is 0 Å². The highest BCUT2D eigenvalue weighted by atomic mass is 16.4. The SMILES string of the molecule is C=C/C=C\NC(CC(C)C)C(=O)O. The van der Waals surface area contributed by atoms with E-state index in [1.54, 1.807) is 18.4 Å². The normalized spacial score (nSPS) is 13.2. The third-order valence-corrected chi connectivity index (χ3v) is 1.53. The standard InChI is InChI=1S/C10H17NO2/c1-4-5-6-11-9(10(12)13)7-8(2)3/h4-6,8-9,11H,1,7H2,2-3H3,(H,12,13)/b6-5-. The van der Waals surface area contributed by atoms with Crippen molar-refractivity contribution in [3.05, 3.63) is 24.9 Å². The molecule has 3 heteroatoms. The maximum absolute atomic E-state index is 10.7. The summed E-state index contributed by atoms with van der Waals surface area (Å²) in [4.78, 5) is 10.7. The molecule has 2 N–H and O–H groups in total.